The summed E-state index contributed by atoms with van der Waals surface area (Å²) in [5.41, 5.74) is 1.68. The molecule has 0 aliphatic rings. The van der Waals surface area contributed by atoms with Crippen LogP contribution in [0.4, 0.5) is 0 Å². The molecule has 3 rings (SSSR count). The van der Waals surface area contributed by atoms with Crippen molar-refractivity contribution in [3.05, 3.63) is 48.8 Å². The number of nitriles is 1. The predicted molar refractivity (Wildman–Crippen MR) is 96.7 cm³/mol. The summed E-state index contributed by atoms with van der Waals surface area (Å²) in [6.07, 6.45) is 3.46. The first kappa shape index (κ1) is 17.0. The molecule has 126 valence electrons. The van der Waals surface area contributed by atoms with E-state index in [2.05, 4.69) is 21.3 Å². The maximum atomic E-state index is 9.16. The maximum Gasteiger partial charge on any atom is 0.197 e. The van der Waals surface area contributed by atoms with Crippen LogP contribution in [0.15, 0.2) is 53.9 Å². The Kier molecular flexibility index (Phi) is 5.31. The van der Waals surface area contributed by atoms with Gasteiger partial charge in [-0.25, -0.2) is 0 Å². The molecule has 2 heterocycles. The van der Waals surface area contributed by atoms with E-state index < -0.39 is 0 Å². The molecule has 0 fully saturated rings. The summed E-state index contributed by atoms with van der Waals surface area (Å²) < 4.78 is 7.69. The van der Waals surface area contributed by atoms with Crippen LogP contribution in [0.25, 0.3) is 17.1 Å². The van der Waals surface area contributed by atoms with Gasteiger partial charge in [-0.1, -0.05) is 23.9 Å². The van der Waals surface area contributed by atoms with Gasteiger partial charge in [-0.15, -0.1) is 10.2 Å². The molecule has 1 atom stereocenters. The molecule has 0 saturated carbocycles. The average Bonchev–Trinajstić information content (AvgIpc) is 3.06. The number of para-hydroxylation sites is 2. The van der Waals surface area contributed by atoms with Crippen molar-refractivity contribution in [3.63, 3.8) is 0 Å². The Morgan fingerprint density at radius 2 is 2.08 bits per heavy atom. The number of thioether (sulfide) groups is 1. The first-order chi connectivity index (χ1) is 12.2. The van der Waals surface area contributed by atoms with Gasteiger partial charge in [-0.2, -0.15) is 5.26 Å². The molecule has 0 aliphatic carbocycles. The van der Waals surface area contributed by atoms with Crippen LogP contribution < -0.4 is 4.74 Å². The minimum atomic E-state index is -0.246. The Bertz CT molecular complexity index is 888. The van der Waals surface area contributed by atoms with Gasteiger partial charge in [0, 0.05) is 18.0 Å². The van der Waals surface area contributed by atoms with Gasteiger partial charge in [0.15, 0.2) is 11.0 Å². The summed E-state index contributed by atoms with van der Waals surface area (Å²) >= 11 is 1.36. The monoisotopic (exact) mass is 351 g/mol. The first-order valence-corrected chi connectivity index (χ1v) is 8.76. The van der Waals surface area contributed by atoms with E-state index in [0.29, 0.717) is 17.6 Å². The lowest BCUT2D eigenvalue weighted by Gasteiger charge is -2.15. The van der Waals surface area contributed by atoms with E-state index in [0.717, 1.165) is 17.0 Å². The lowest BCUT2D eigenvalue weighted by molar-refractivity contribution is 0.338. The van der Waals surface area contributed by atoms with Crippen LogP contribution in [0.2, 0.25) is 0 Å². The van der Waals surface area contributed by atoms with E-state index in [4.69, 9.17) is 10.00 Å². The number of pyridine rings is 1. The van der Waals surface area contributed by atoms with Crippen molar-refractivity contribution in [2.75, 3.05) is 6.61 Å². The van der Waals surface area contributed by atoms with Gasteiger partial charge in [0.1, 0.15) is 5.75 Å². The van der Waals surface area contributed by atoms with Gasteiger partial charge in [0.05, 0.1) is 23.6 Å². The summed E-state index contributed by atoms with van der Waals surface area (Å²) in [7, 11) is 0. The molecule has 6 nitrogen and oxygen atoms in total. The van der Waals surface area contributed by atoms with Crippen molar-refractivity contribution in [3.8, 4) is 28.9 Å². The summed E-state index contributed by atoms with van der Waals surface area (Å²) in [6, 6.07) is 13.7. The van der Waals surface area contributed by atoms with Crippen LogP contribution in [0.3, 0.4) is 0 Å². The van der Waals surface area contributed by atoms with Gasteiger partial charge < -0.3 is 4.74 Å². The van der Waals surface area contributed by atoms with Gasteiger partial charge in [0.2, 0.25) is 0 Å². The number of aromatic nitrogens is 4. The van der Waals surface area contributed by atoms with Gasteiger partial charge in [-0.3, -0.25) is 9.55 Å². The summed E-state index contributed by atoms with van der Waals surface area (Å²) in [4.78, 5) is 4.17. The smallest absolute Gasteiger partial charge is 0.197 e. The molecule has 0 N–H and O–H groups in total. The maximum absolute atomic E-state index is 9.16. The lowest BCUT2D eigenvalue weighted by Crippen LogP contribution is -2.05. The van der Waals surface area contributed by atoms with Gasteiger partial charge in [0.25, 0.3) is 0 Å². The Hall–Kier alpha value is -2.85. The molecule has 1 aromatic carbocycles. The number of rotatable bonds is 6. The molecule has 0 bridgehead atoms. The second kappa shape index (κ2) is 7.81. The Morgan fingerprint density at radius 3 is 2.80 bits per heavy atom. The van der Waals surface area contributed by atoms with Crippen molar-refractivity contribution in [2.45, 2.75) is 24.3 Å². The Balaban J connectivity index is 2.19. The molecular weight excluding hydrogens is 334 g/mol. The van der Waals surface area contributed by atoms with Crippen LogP contribution in [-0.4, -0.2) is 31.6 Å². The van der Waals surface area contributed by atoms with Crippen LogP contribution in [-0.2, 0) is 0 Å². The van der Waals surface area contributed by atoms with Gasteiger partial charge >= 0.3 is 0 Å². The predicted octanol–water partition coefficient (Wildman–Crippen LogP) is 3.73. The molecular formula is C18H17N5OS. The van der Waals surface area contributed by atoms with Crippen LogP contribution >= 0.6 is 11.8 Å². The molecule has 3 aromatic rings. The van der Waals surface area contributed by atoms with Crippen molar-refractivity contribution in [1.29, 1.82) is 5.26 Å². The number of ether oxygens (including phenoxy) is 1. The van der Waals surface area contributed by atoms with Crippen molar-refractivity contribution >= 4 is 11.8 Å². The third-order valence-electron chi connectivity index (χ3n) is 3.42. The van der Waals surface area contributed by atoms with E-state index in [-0.39, 0.29) is 5.25 Å². The average molecular weight is 351 g/mol. The zero-order chi connectivity index (χ0) is 17.6. The molecule has 7 heteroatoms. The van der Waals surface area contributed by atoms with Crippen molar-refractivity contribution in [2.24, 2.45) is 0 Å². The third-order valence-corrected chi connectivity index (χ3v) is 4.36. The summed E-state index contributed by atoms with van der Waals surface area (Å²) in [5.74, 6) is 1.40. The summed E-state index contributed by atoms with van der Waals surface area (Å²) in [5, 5.41) is 18.2. The number of hydrogen-bond donors (Lipinski definition) is 0. The zero-order valence-electron chi connectivity index (χ0n) is 14.0. The highest BCUT2D eigenvalue weighted by molar-refractivity contribution is 8.00. The highest BCUT2D eigenvalue weighted by Gasteiger charge is 2.20. The fourth-order valence-electron chi connectivity index (χ4n) is 2.35. The van der Waals surface area contributed by atoms with Crippen LogP contribution in [0, 0.1) is 11.3 Å². The highest BCUT2D eigenvalue weighted by Crippen LogP contribution is 2.33. The van der Waals surface area contributed by atoms with E-state index >= 15 is 0 Å². The SMILES string of the molecule is CCOc1ccccc1-n1c(S[C@H](C)C#N)nnc1-c1cccnc1. The normalized spacial score (nSPS) is 11.7. The number of nitrogens with zero attached hydrogens (tertiary/aromatic N) is 5. The number of benzene rings is 1. The fourth-order valence-corrected chi connectivity index (χ4v) is 3.10. The quantitative estimate of drug-likeness (QED) is 0.630. The van der Waals surface area contributed by atoms with Crippen LogP contribution in [0.5, 0.6) is 5.75 Å². The van der Waals surface area contributed by atoms with Crippen molar-refractivity contribution in [1.82, 2.24) is 19.7 Å². The molecule has 0 radical (unpaired) electrons. The fraction of sp³-hybridized carbons (Fsp3) is 0.222. The second-order valence-electron chi connectivity index (χ2n) is 5.17. The van der Waals surface area contributed by atoms with E-state index in [1.54, 1.807) is 12.4 Å². The molecule has 25 heavy (non-hydrogen) atoms. The van der Waals surface area contributed by atoms with E-state index in [9.17, 15) is 0 Å². The second-order valence-corrected chi connectivity index (χ2v) is 6.48. The minimum absolute atomic E-state index is 0.246. The largest absolute Gasteiger partial charge is 0.492 e. The van der Waals surface area contributed by atoms with E-state index in [1.165, 1.54) is 11.8 Å². The van der Waals surface area contributed by atoms with E-state index in [1.807, 2.05) is 54.8 Å². The third kappa shape index (κ3) is 3.64. The molecule has 0 spiro atoms. The standard InChI is InChI=1S/C18H17N5OS/c1-3-24-16-9-5-4-8-15(16)23-17(14-7-6-10-20-12-14)21-22-18(23)25-13(2)11-19/h4-10,12-13H,3H2,1-2H3/t13-/m1/s1. The number of hydrogen-bond acceptors (Lipinski definition) is 6. The lowest BCUT2D eigenvalue weighted by atomic mass is 10.2. The molecule has 0 amide bonds. The first-order valence-electron chi connectivity index (χ1n) is 7.89. The van der Waals surface area contributed by atoms with Crippen LogP contribution in [0.1, 0.15) is 13.8 Å². The molecule has 2 aromatic heterocycles. The highest BCUT2D eigenvalue weighted by atomic mass is 32.2. The topological polar surface area (TPSA) is 76.6 Å². The molecule has 0 saturated heterocycles. The molecule has 0 unspecified atom stereocenters. The molecule has 0 aliphatic heterocycles. The zero-order valence-corrected chi connectivity index (χ0v) is 14.8. The Labute approximate surface area is 150 Å². The van der Waals surface area contributed by atoms with Crippen molar-refractivity contribution < 1.29 is 4.74 Å². The van der Waals surface area contributed by atoms with Gasteiger partial charge in [-0.05, 0) is 38.1 Å². The minimum Gasteiger partial charge on any atom is -0.492 e. The Morgan fingerprint density at radius 1 is 1.24 bits per heavy atom. The summed E-state index contributed by atoms with van der Waals surface area (Å²) in [6.45, 7) is 4.33.